The van der Waals surface area contributed by atoms with Crippen molar-refractivity contribution in [1.82, 2.24) is 5.32 Å². The summed E-state index contributed by atoms with van der Waals surface area (Å²) in [6, 6.07) is 9.44. The molecule has 0 amide bonds. The van der Waals surface area contributed by atoms with E-state index in [0.29, 0.717) is 12.5 Å². The number of benzene rings is 1. The normalized spacial score (nSPS) is 23.4. The van der Waals surface area contributed by atoms with Crippen molar-refractivity contribution in [2.24, 2.45) is 11.8 Å². The van der Waals surface area contributed by atoms with Crippen molar-refractivity contribution < 1.29 is 9.53 Å². The fourth-order valence-corrected chi connectivity index (χ4v) is 2.16. The Kier molecular flexibility index (Phi) is 4.37. The molecule has 98 valence electrons. The topological polar surface area (TPSA) is 38.3 Å². The minimum absolute atomic E-state index is 0.183. The van der Waals surface area contributed by atoms with Gasteiger partial charge in [0, 0.05) is 0 Å². The summed E-state index contributed by atoms with van der Waals surface area (Å²) in [5.41, 5.74) is 0.976. The van der Waals surface area contributed by atoms with Crippen LogP contribution in [0.4, 0.5) is 0 Å². The number of hydrogen-bond acceptors (Lipinski definition) is 3. The molecule has 3 atom stereocenters. The number of rotatable bonds is 6. The molecule has 1 aromatic rings. The molecule has 1 saturated carbocycles. The first-order valence-electron chi connectivity index (χ1n) is 6.67. The summed E-state index contributed by atoms with van der Waals surface area (Å²) in [6.07, 6.45) is 1.26. The van der Waals surface area contributed by atoms with E-state index in [1.807, 2.05) is 37.3 Å². The van der Waals surface area contributed by atoms with E-state index in [2.05, 4.69) is 12.2 Å². The molecule has 0 aromatic heterocycles. The fourth-order valence-electron chi connectivity index (χ4n) is 2.16. The highest BCUT2D eigenvalue weighted by atomic mass is 16.5. The van der Waals surface area contributed by atoms with Crippen molar-refractivity contribution >= 4 is 5.97 Å². The van der Waals surface area contributed by atoms with Crippen LogP contribution >= 0.6 is 0 Å². The van der Waals surface area contributed by atoms with Gasteiger partial charge in [-0.15, -0.1) is 0 Å². The monoisotopic (exact) mass is 247 g/mol. The van der Waals surface area contributed by atoms with Gasteiger partial charge in [0.15, 0.2) is 0 Å². The maximum atomic E-state index is 12.0. The summed E-state index contributed by atoms with van der Waals surface area (Å²) >= 11 is 0. The van der Waals surface area contributed by atoms with Gasteiger partial charge in [0.25, 0.3) is 0 Å². The average Bonchev–Trinajstić information content (AvgIpc) is 3.07. The Morgan fingerprint density at radius 1 is 1.44 bits per heavy atom. The lowest BCUT2D eigenvalue weighted by Gasteiger charge is -2.17. The second-order valence-electron chi connectivity index (χ2n) is 4.98. The van der Waals surface area contributed by atoms with E-state index in [4.69, 9.17) is 4.74 Å². The smallest absolute Gasteiger partial charge is 0.327 e. The highest BCUT2D eigenvalue weighted by Gasteiger charge is 2.33. The third kappa shape index (κ3) is 3.33. The van der Waals surface area contributed by atoms with Gasteiger partial charge >= 0.3 is 5.97 Å². The molecule has 0 saturated heterocycles. The summed E-state index contributed by atoms with van der Waals surface area (Å²) in [7, 11) is 0. The molecule has 1 fully saturated rings. The lowest BCUT2D eigenvalue weighted by atomic mass is 10.1. The van der Waals surface area contributed by atoms with Gasteiger partial charge in [-0.3, -0.25) is 0 Å². The predicted molar refractivity (Wildman–Crippen MR) is 71.1 cm³/mol. The Labute approximate surface area is 109 Å². The van der Waals surface area contributed by atoms with E-state index in [-0.39, 0.29) is 12.0 Å². The molecule has 0 radical (unpaired) electrons. The van der Waals surface area contributed by atoms with Gasteiger partial charge in [0.05, 0.1) is 6.61 Å². The number of carbonyl (C=O) groups excluding carboxylic acids is 1. The van der Waals surface area contributed by atoms with Crippen molar-refractivity contribution in [3.63, 3.8) is 0 Å². The van der Waals surface area contributed by atoms with Gasteiger partial charge in [-0.05, 0) is 37.3 Å². The van der Waals surface area contributed by atoms with E-state index >= 15 is 0 Å². The van der Waals surface area contributed by atoms with Crippen molar-refractivity contribution in [2.75, 3.05) is 13.2 Å². The highest BCUT2D eigenvalue weighted by molar-refractivity contribution is 5.77. The second kappa shape index (κ2) is 6.01. The SMILES string of the molecule is CCOC(=O)C(NCC1CC1C)c1ccccc1. The first-order chi connectivity index (χ1) is 8.72. The third-order valence-corrected chi connectivity index (χ3v) is 3.52. The molecule has 0 bridgehead atoms. The summed E-state index contributed by atoms with van der Waals surface area (Å²) in [5, 5.41) is 3.34. The van der Waals surface area contributed by atoms with E-state index in [0.717, 1.165) is 18.0 Å². The van der Waals surface area contributed by atoms with E-state index in [1.165, 1.54) is 6.42 Å². The van der Waals surface area contributed by atoms with Crippen LogP contribution in [-0.2, 0) is 9.53 Å². The van der Waals surface area contributed by atoms with Crippen LogP contribution in [0.2, 0.25) is 0 Å². The fraction of sp³-hybridized carbons (Fsp3) is 0.533. The van der Waals surface area contributed by atoms with Gasteiger partial charge in [-0.2, -0.15) is 0 Å². The summed E-state index contributed by atoms with van der Waals surface area (Å²) in [6.45, 7) is 5.39. The quantitative estimate of drug-likeness (QED) is 0.785. The first-order valence-corrected chi connectivity index (χ1v) is 6.67. The van der Waals surface area contributed by atoms with Crippen LogP contribution in [0.25, 0.3) is 0 Å². The largest absolute Gasteiger partial charge is 0.465 e. The summed E-state index contributed by atoms with van der Waals surface area (Å²) in [4.78, 5) is 12.0. The Hall–Kier alpha value is -1.35. The zero-order valence-electron chi connectivity index (χ0n) is 11.1. The Morgan fingerprint density at radius 2 is 2.11 bits per heavy atom. The van der Waals surface area contributed by atoms with Crippen LogP contribution in [0.3, 0.4) is 0 Å². The molecule has 18 heavy (non-hydrogen) atoms. The lowest BCUT2D eigenvalue weighted by Crippen LogP contribution is -2.31. The van der Waals surface area contributed by atoms with Gasteiger partial charge < -0.3 is 10.1 Å². The van der Waals surface area contributed by atoms with Crippen LogP contribution in [-0.4, -0.2) is 19.1 Å². The molecule has 1 aliphatic rings. The minimum atomic E-state index is -0.334. The standard InChI is InChI=1S/C15H21NO2/c1-3-18-15(17)14(12-7-5-4-6-8-12)16-10-13-9-11(13)2/h4-8,11,13-14,16H,3,9-10H2,1-2H3. The molecular weight excluding hydrogens is 226 g/mol. The lowest BCUT2D eigenvalue weighted by molar-refractivity contribution is -0.145. The molecular formula is C15H21NO2. The molecule has 3 heteroatoms. The number of hydrogen-bond donors (Lipinski definition) is 1. The van der Waals surface area contributed by atoms with Crippen LogP contribution < -0.4 is 5.32 Å². The molecule has 1 N–H and O–H groups in total. The Bertz CT molecular complexity index is 391. The highest BCUT2D eigenvalue weighted by Crippen LogP contribution is 2.37. The molecule has 1 aliphatic carbocycles. The predicted octanol–water partition coefficient (Wildman–Crippen LogP) is 2.54. The molecule has 3 nitrogen and oxygen atoms in total. The first kappa shape index (κ1) is 13.1. The Balaban J connectivity index is 2.00. The molecule has 0 aliphatic heterocycles. The zero-order valence-corrected chi connectivity index (χ0v) is 11.1. The maximum absolute atomic E-state index is 12.0. The van der Waals surface area contributed by atoms with Gasteiger partial charge in [-0.1, -0.05) is 37.3 Å². The summed E-state index contributed by atoms with van der Waals surface area (Å²) in [5.74, 6) is 1.32. The van der Waals surface area contributed by atoms with E-state index in [9.17, 15) is 4.79 Å². The van der Waals surface area contributed by atoms with Crippen molar-refractivity contribution in [2.45, 2.75) is 26.3 Å². The van der Waals surface area contributed by atoms with Crippen LogP contribution in [0.5, 0.6) is 0 Å². The summed E-state index contributed by atoms with van der Waals surface area (Å²) < 4.78 is 5.14. The zero-order chi connectivity index (χ0) is 13.0. The average molecular weight is 247 g/mol. The van der Waals surface area contributed by atoms with Gasteiger partial charge in [0.1, 0.15) is 6.04 Å². The molecule has 0 heterocycles. The van der Waals surface area contributed by atoms with Crippen LogP contribution in [0.15, 0.2) is 30.3 Å². The molecule has 2 rings (SSSR count). The van der Waals surface area contributed by atoms with Crippen molar-refractivity contribution in [3.05, 3.63) is 35.9 Å². The molecule has 3 unspecified atom stereocenters. The van der Waals surface area contributed by atoms with Gasteiger partial charge in [-0.25, -0.2) is 4.79 Å². The second-order valence-corrected chi connectivity index (χ2v) is 4.98. The van der Waals surface area contributed by atoms with E-state index in [1.54, 1.807) is 0 Å². The third-order valence-electron chi connectivity index (χ3n) is 3.52. The number of esters is 1. The minimum Gasteiger partial charge on any atom is -0.465 e. The van der Waals surface area contributed by atoms with Crippen molar-refractivity contribution in [1.29, 1.82) is 0 Å². The number of carbonyl (C=O) groups is 1. The van der Waals surface area contributed by atoms with Crippen LogP contribution in [0.1, 0.15) is 31.9 Å². The Morgan fingerprint density at radius 3 is 2.67 bits per heavy atom. The van der Waals surface area contributed by atoms with E-state index < -0.39 is 0 Å². The van der Waals surface area contributed by atoms with Gasteiger partial charge in [0.2, 0.25) is 0 Å². The molecule has 0 spiro atoms. The number of ether oxygens (including phenoxy) is 1. The van der Waals surface area contributed by atoms with Crippen molar-refractivity contribution in [3.8, 4) is 0 Å². The number of nitrogens with one attached hydrogen (secondary N) is 1. The maximum Gasteiger partial charge on any atom is 0.327 e. The van der Waals surface area contributed by atoms with Crippen LogP contribution in [0, 0.1) is 11.8 Å². The molecule has 1 aromatic carbocycles.